The Balaban J connectivity index is 2.43. The molecule has 0 nitrogen and oxygen atoms in total. The number of aryl methyl sites for hydroxylation is 1. The molecule has 1 unspecified atom stereocenters. The number of halogens is 7. The van der Waals surface area contributed by atoms with Crippen molar-refractivity contribution in [1.29, 1.82) is 0 Å². The first-order valence-electron chi connectivity index (χ1n) is 6.75. The van der Waals surface area contributed by atoms with Crippen molar-refractivity contribution < 1.29 is 22.0 Å². The van der Waals surface area contributed by atoms with Crippen molar-refractivity contribution >= 4 is 29.3 Å². The first kappa shape index (κ1) is 18.7. The molecule has 1 atom stereocenters. The van der Waals surface area contributed by atoms with E-state index < -0.39 is 33.8 Å². The minimum atomic E-state index is -4.65. The van der Waals surface area contributed by atoms with Gasteiger partial charge in [0.15, 0.2) is 5.82 Å². The van der Waals surface area contributed by atoms with Gasteiger partial charge in [0, 0.05) is 0 Å². The Bertz CT molecular complexity index is 758. The lowest BCUT2D eigenvalue weighted by atomic mass is 9.97. The molecule has 0 heterocycles. The maximum absolute atomic E-state index is 13.5. The fraction of sp³-hybridized carbons (Fsp3) is 0.176. The van der Waals surface area contributed by atoms with Crippen LogP contribution >= 0.6 is 23.2 Å². The Kier molecular flexibility index (Phi) is 5.56. The van der Waals surface area contributed by atoms with Crippen LogP contribution in [-0.2, 0) is 0 Å². The van der Waals surface area contributed by atoms with Crippen molar-refractivity contribution in [2.45, 2.75) is 19.0 Å². The second-order valence-electron chi connectivity index (χ2n) is 5.19. The minimum absolute atomic E-state index is 0.270. The van der Waals surface area contributed by atoms with Crippen LogP contribution in [0.2, 0.25) is 10.0 Å². The van der Waals surface area contributed by atoms with Gasteiger partial charge in [0.05, 0.1) is 16.0 Å². The second kappa shape index (κ2) is 7.11. The van der Waals surface area contributed by atoms with E-state index in [9.17, 15) is 22.0 Å². The number of benzene rings is 2. The van der Waals surface area contributed by atoms with E-state index in [1.54, 1.807) is 6.92 Å². The van der Waals surface area contributed by atoms with Crippen LogP contribution in [0.25, 0.3) is 6.08 Å². The lowest BCUT2D eigenvalue weighted by molar-refractivity contribution is -0.139. The summed E-state index contributed by atoms with van der Waals surface area (Å²) >= 11 is 11.1. The summed E-state index contributed by atoms with van der Waals surface area (Å²) in [6.07, 6.45) is -2.65. The van der Waals surface area contributed by atoms with E-state index in [2.05, 4.69) is 0 Å². The lowest BCUT2D eigenvalue weighted by Gasteiger charge is -2.18. The highest BCUT2D eigenvalue weighted by Crippen LogP contribution is 2.39. The molecule has 0 saturated heterocycles. The Hall–Kier alpha value is -1.59. The van der Waals surface area contributed by atoms with E-state index in [1.807, 2.05) is 0 Å². The molecule has 0 radical (unpaired) electrons. The van der Waals surface area contributed by atoms with Crippen molar-refractivity contribution in [2.75, 3.05) is 0 Å². The average molecular weight is 381 g/mol. The van der Waals surface area contributed by atoms with Crippen LogP contribution in [0.4, 0.5) is 22.0 Å². The fourth-order valence-electron chi connectivity index (χ4n) is 2.08. The summed E-state index contributed by atoms with van der Waals surface area (Å²) in [6.45, 7) is 1.55. The van der Waals surface area contributed by atoms with Crippen LogP contribution in [0, 0.1) is 18.6 Å². The van der Waals surface area contributed by atoms with Gasteiger partial charge in [0.2, 0.25) is 0 Å². The molecule has 0 fully saturated rings. The summed E-state index contributed by atoms with van der Waals surface area (Å²) in [5.74, 6) is -3.56. The van der Waals surface area contributed by atoms with Crippen molar-refractivity contribution in [3.8, 4) is 0 Å². The van der Waals surface area contributed by atoms with Gasteiger partial charge < -0.3 is 0 Å². The molecule has 0 bridgehead atoms. The minimum Gasteiger partial charge on any atom is -0.207 e. The molecule has 0 aliphatic heterocycles. The van der Waals surface area contributed by atoms with Crippen molar-refractivity contribution in [3.05, 3.63) is 74.8 Å². The summed E-state index contributed by atoms with van der Waals surface area (Å²) in [6, 6.07) is 5.84. The van der Waals surface area contributed by atoms with Gasteiger partial charge in [-0.05, 0) is 41.8 Å². The molecule has 0 saturated carbocycles. The van der Waals surface area contributed by atoms with Crippen molar-refractivity contribution in [1.82, 2.24) is 0 Å². The topological polar surface area (TPSA) is 0 Å². The third-order valence-corrected chi connectivity index (χ3v) is 3.94. The molecule has 0 aromatic heterocycles. The number of alkyl halides is 3. The van der Waals surface area contributed by atoms with E-state index in [1.165, 1.54) is 12.1 Å². The van der Waals surface area contributed by atoms with Crippen LogP contribution in [0.3, 0.4) is 0 Å². The Labute approximate surface area is 145 Å². The number of hydrogen-bond donors (Lipinski definition) is 0. The zero-order valence-electron chi connectivity index (χ0n) is 12.3. The van der Waals surface area contributed by atoms with E-state index in [4.69, 9.17) is 23.2 Å². The van der Waals surface area contributed by atoms with E-state index in [0.29, 0.717) is 5.56 Å². The predicted octanol–water partition coefficient (Wildman–Crippen LogP) is 6.94. The highest BCUT2D eigenvalue weighted by atomic mass is 35.5. The van der Waals surface area contributed by atoms with Crippen LogP contribution < -0.4 is 0 Å². The predicted molar refractivity (Wildman–Crippen MR) is 85.4 cm³/mol. The SMILES string of the molecule is Cc1ccc(/C=C/C(c2cc(Cl)c(F)c(Cl)c2)C(F)(F)F)cc1F. The van der Waals surface area contributed by atoms with E-state index >= 15 is 0 Å². The molecular weight excluding hydrogens is 370 g/mol. The summed E-state index contributed by atoms with van der Waals surface area (Å²) in [5, 5.41) is -0.997. The maximum Gasteiger partial charge on any atom is 0.399 e. The average Bonchev–Trinajstić information content (AvgIpc) is 2.47. The van der Waals surface area contributed by atoms with E-state index in [0.717, 1.165) is 30.4 Å². The van der Waals surface area contributed by atoms with Crippen LogP contribution in [0.5, 0.6) is 0 Å². The van der Waals surface area contributed by atoms with Gasteiger partial charge in [-0.2, -0.15) is 13.2 Å². The summed E-state index contributed by atoms with van der Waals surface area (Å²) < 4.78 is 66.8. The Morgan fingerprint density at radius 3 is 2.08 bits per heavy atom. The molecule has 0 aliphatic carbocycles. The normalized spacial score (nSPS) is 13.5. The Morgan fingerprint density at radius 2 is 1.58 bits per heavy atom. The number of allylic oxidation sites excluding steroid dienone is 1. The van der Waals surface area contributed by atoms with Crippen LogP contribution in [-0.4, -0.2) is 6.18 Å². The molecule has 0 aliphatic rings. The first-order chi connectivity index (χ1) is 11.1. The maximum atomic E-state index is 13.5. The summed E-state index contributed by atoms with van der Waals surface area (Å²) in [7, 11) is 0. The van der Waals surface area contributed by atoms with Gasteiger partial charge >= 0.3 is 6.18 Å². The third kappa shape index (κ3) is 4.28. The molecule has 2 aromatic carbocycles. The fourth-order valence-corrected chi connectivity index (χ4v) is 2.59. The zero-order chi connectivity index (χ0) is 18.1. The zero-order valence-corrected chi connectivity index (χ0v) is 13.8. The van der Waals surface area contributed by atoms with Crippen molar-refractivity contribution in [3.63, 3.8) is 0 Å². The van der Waals surface area contributed by atoms with Crippen molar-refractivity contribution in [2.24, 2.45) is 0 Å². The van der Waals surface area contributed by atoms with Gasteiger partial charge in [-0.15, -0.1) is 0 Å². The van der Waals surface area contributed by atoms with Crippen LogP contribution in [0.1, 0.15) is 22.6 Å². The van der Waals surface area contributed by atoms with Gasteiger partial charge in [-0.3, -0.25) is 0 Å². The van der Waals surface area contributed by atoms with Gasteiger partial charge in [0.1, 0.15) is 5.82 Å². The van der Waals surface area contributed by atoms with Gasteiger partial charge in [-0.25, -0.2) is 8.78 Å². The molecule has 24 heavy (non-hydrogen) atoms. The molecule has 2 rings (SSSR count). The summed E-state index contributed by atoms with van der Waals surface area (Å²) in [4.78, 5) is 0. The first-order valence-corrected chi connectivity index (χ1v) is 7.50. The molecule has 0 N–H and O–H groups in total. The monoisotopic (exact) mass is 380 g/mol. The quantitative estimate of drug-likeness (QED) is 0.399. The molecular formula is C17H11Cl2F5. The molecule has 128 valence electrons. The third-order valence-electron chi connectivity index (χ3n) is 3.39. The van der Waals surface area contributed by atoms with Crippen LogP contribution in [0.15, 0.2) is 36.4 Å². The Morgan fingerprint density at radius 1 is 1.00 bits per heavy atom. The molecule has 0 amide bonds. The lowest BCUT2D eigenvalue weighted by Crippen LogP contribution is -2.19. The van der Waals surface area contributed by atoms with E-state index in [-0.39, 0.29) is 11.1 Å². The van der Waals surface area contributed by atoms with Gasteiger partial charge in [-0.1, -0.05) is 47.5 Å². The summed E-state index contributed by atoms with van der Waals surface area (Å²) in [5.41, 5.74) is 0.353. The molecule has 7 heteroatoms. The standard InChI is InChI=1S/C17H11Cl2F5/c1-9-2-3-10(6-15(9)20)4-5-12(17(22,23)24)11-7-13(18)16(21)14(19)8-11/h2-8,12H,1H3/b5-4+. The highest BCUT2D eigenvalue weighted by Gasteiger charge is 2.39. The van der Waals surface area contributed by atoms with Gasteiger partial charge in [0.25, 0.3) is 0 Å². The highest BCUT2D eigenvalue weighted by molar-refractivity contribution is 6.35. The second-order valence-corrected chi connectivity index (χ2v) is 6.00. The number of hydrogen-bond acceptors (Lipinski definition) is 0. The largest absolute Gasteiger partial charge is 0.399 e. The number of rotatable bonds is 3. The molecule has 0 spiro atoms. The molecule has 2 aromatic rings. The smallest absolute Gasteiger partial charge is 0.207 e.